The third-order valence-corrected chi connectivity index (χ3v) is 5.59. The maximum Gasteiger partial charge on any atom is 0.490 e. The molecule has 1 fully saturated rings. The first-order chi connectivity index (χ1) is 17.3. The van der Waals surface area contributed by atoms with Crippen LogP contribution in [0.2, 0.25) is 0 Å². The van der Waals surface area contributed by atoms with E-state index in [1.54, 1.807) is 0 Å². The molecule has 1 aromatic heterocycles. The molecule has 1 amide bonds. The van der Waals surface area contributed by atoms with Crippen LogP contribution >= 0.6 is 0 Å². The molecule has 0 radical (unpaired) electrons. The Bertz CT molecular complexity index is 1100. The molecule has 3 rings (SSSR count). The van der Waals surface area contributed by atoms with Gasteiger partial charge in [-0.2, -0.15) is 26.3 Å². The van der Waals surface area contributed by atoms with Crippen molar-refractivity contribution in [1.29, 1.82) is 0 Å². The first-order valence-electron chi connectivity index (χ1n) is 11.2. The zero-order valence-corrected chi connectivity index (χ0v) is 21.2. The van der Waals surface area contributed by atoms with E-state index in [1.165, 1.54) is 18.4 Å². The van der Waals surface area contributed by atoms with Gasteiger partial charge in [0.2, 0.25) is 0 Å². The van der Waals surface area contributed by atoms with E-state index in [4.69, 9.17) is 19.8 Å². The lowest BCUT2D eigenvalue weighted by atomic mass is 9.96. The second kappa shape index (κ2) is 13.4. The molecule has 212 valence electrons. The molecule has 1 aromatic carbocycles. The number of carboxylic acid groups (broad SMARTS) is 2. The minimum absolute atomic E-state index is 0.0855. The average molecular weight is 554 g/mol. The standard InChI is InChI=1S/C20H27N3O.2C2HF3O2/c1-14-5-6-19-17(11-14)12-18(15(2)21-19)20(24)23(4)13-16-7-9-22(3)10-8-16;2*3-2(4,5)1(6)7/h5-6,11-12,16H,7-10,13H2,1-4H3;2*(H,6,7). The zero-order valence-electron chi connectivity index (χ0n) is 21.2. The number of benzene rings is 1. The van der Waals surface area contributed by atoms with Crippen LogP contribution in [0.4, 0.5) is 26.3 Å². The van der Waals surface area contributed by atoms with Crippen molar-refractivity contribution >= 4 is 28.7 Å². The molecule has 2 N–H and O–H groups in total. The summed E-state index contributed by atoms with van der Waals surface area (Å²) in [4.78, 5) is 39.6. The van der Waals surface area contributed by atoms with Gasteiger partial charge in [-0.3, -0.25) is 9.78 Å². The summed E-state index contributed by atoms with van der Waals surface area (Å²) in [7, 11) is 4.08. The Morgan fingerprint density at radius 3 is 1.89 bits per heavy atom. The first-order valence-corrected chi connectivity index (χ1v) is 11.2. The van der Waals surface area contributed by atoms with Gasteiger partial charge in [0.1, 0.15) is 0 Å². The third kappa shape index (κ3) is 10.5. The van der Waals surface area contributed by atoms with Crippen molar-refractivity contribution in [2.75, 3.05) is 33.7 Å². The Hall–Kier alpha value is -3.42. The normalized spacial score (nSPS) is 14.6. The fraction of sp³-hybridized carbons (Fsp3) is 0.500. The fourth-order valence-corrected chi connectivity index (χ4v) is 3.53. The monoisotopic (exact) mass is 553 g/mol. The topological polar surface area (TPSA) is 111 Å². The maximum absolute atomic E-state index is 12.9. The number of likely N-dealkylation sites (tertiary alicyclic amines) is 1. The highest BCUT2D eigenvalue weighted by molar-refractivity contribution is 5.98. The first kappa shape index (κ1) is 32.6. The molecule has 1 saturated heterocycles. The highest BCUT2D eigenvalue weighted by atomic mass is 19.4. The molecule has 0 aliphatic carbocycles. The number of alkyl halides is 6. The summed E-state index contributed by atoms with van der Waals surface area (Å²) in [6.45, 7) is 7.08. The maximum atomic E-state index is 12.9. The minimum atomic E-state index is -5.08. The van der Waals surface area contributed by atoms with Crippen LogP contribution < -0.4 is 0 Å². The van der Waals surface area contributed by atoms with Crippen molar-refractivity contribution in [3.05, 3.63) is 41.1 Å². The molecule has 0 saturated carbocycles. The summed E-state index contributed by atoms with van der Waals surface area (Å²) in [5.41, 5.74) is 3.67. The van der Waals surface area contributed by atoms with Gasteiger partial charge in [-0.1, -0.05) is 11.6 Å². The molecule has 14 heteroatoms. The summed E-state index contributed by atoms with van der Waals surface area (Å²) in [5.74, 6) is -4.83. The van der Waals surface area contributed by atoms with Gasteiger partial charge in [0.05, 0.1) is 16.8 Å². The number of aromatic nitrogens is 1. The molecule has 8 nitrogen and oxygen atoms in total. The molecule has 2 aromatic rings. The van der Waals surface area contributed by atoms with E-state index in [-0.39, 0.29) is 5.91 Å². The molecule has 38 heavy (non-hydrogen) atoms. The predicted octanol–water partition coefficient (Wildman–Crippen LogP) is 4.53. The van der Waals surface area contributed by atoms with Gasteiger partial charge in [0.25, 0.3) is 5.91 Å². The summed E-state index contributed by atoms with van der Waals surface area (Å²) < 4.78 is 63.5. The molecule has 1 aliphatic heterocycles. The molecule has 0 bridgehead atoms. The van der Waals surface area contributed by atoms with Crippen molar-refractivity contribution in [3.63, 3.8) is 0 Å². The predicted molar refractivity (Wildman–Crippen MR) is 126 cm³/mol. The number of amides is 1. The second-order valence-corrected chi connectivity index (χ2v) is 8.86. The SMILES string of the molecule is Cc1ccc2nc(C)c(C(=O)N(C)CC3CCN(C)CC3)cc2c1.O=C(O)C(F)(F)F.O=C(O)C(F)(F)F. The number of carboxylic acids is 2. The second-order valence-electron chi connectivity index (χ2n) is 8.86. The Kier molecular flexibility index (Phi) is 11.5. The minimum Gasteiger partial charge on any atom is -0.475 e. The van der Waals surface area contributed by atoms with Gasteiger partial charge >= 0.3 is 24.3 Å². The molecule has 2 heterocycles. The molecule has 0 unspecified atom stereocenters. The summed E-state index contributed by atoms with van der Waals surface area (Å²) in [6, 6.07) is 8.17. The quantitative estimate of drug-likeness (QED) is 0.538. The molecule has 0 spiro atoms. The highest BCUT2D eigenvalue weighted by Crippen LogP contribution is 2.21. The summed E-state index contributed by atoms with van der Waals surface area (Å²) in [5, 5.41) is 15.3. The van der Waals surface area contributed by atoms with Crippen molar-refractivity contribution in [2.45, 2.75) is 39.0 Å². The smallest absolute Gasteiger partial charge is 0.475 e. The molecular weight excluding hydrogens is 524 g/mol. The van der Waals surface area contributed by atoms with Crippen LogP contribution in [0.25, 0.3) is 10.9 Å². The number of piperidine rings is 1. The lowest BCUT2D eigenvalue weighted by molar-refractivity contribution is -0.193. The molecular formula is C24H29F6N3O5. The van der Waals surface area contributed by atoms with Crippen LogP contribution in [0.5, 0.6) is 0 Å². The number of carbonyl (C=O) groups excluding carboxylic acids is 1. The van der Waals surface area contributed by atoms with E-state index < -0.39 is 24.3 Å². The van der Waals surface area contributed by atoms with Crippen LogP contribution in [0.1, 0.15) is 34.5 Å². The third-order valence-electron chi connectivity index (χ3n) is 5.59. The van der Waals surface area contributed by atoms with Gasteiger partial charge in [-0.25, -0.2) is 9.59 Å². The highest BCUT2D eigenvalue weighted by Gasteiger charge is 2.38. The van der Waals surface area contributed by atoms with Crippen LogP contribution in [0, 0.1) is 19.8 Å². The number of nitrogens with zero attached hydrogens (tertiary/aromatic N) is 3. The summed E-state index contributed by atoms with van der Waals surface area (Å²) in [6.07, 6.45) is -7.83. The van der Waals surface area contributed by atoms with E-state index in [1.807, 2.05) is 31.0 Å². The number of hydrogen-bond donors (Lipinski definition) is 2. The number of fused-ring (bicyclic) bond motifs is 1. The Morgan fingerprint density at radius 1 is 0.974 bits per heavy atom. The van der Waals surface area contributed by atoms with E-state index in [2.05, 4.69) is 36.0 Å². The number of pyridine rings is 1. The van der Waals surface area contributed by atoms with Crippen LogP contribution in [-0.4, -0.2) is 88.9 Å². The lowest BCUT2D eigenvalue weighted by Gasteiger charge is -2.31. The fourth-order valence-electron chi connectivity index (χ4n) is 3.53. The number of halogens is 6. The van der Waals surface area contributed by atoms with Gasteiger partial charge in [-0.05, 0) is 70.9 Å². The Labute approximate surface area is 214 Å². The number of hydrogen-bond acceptors (Lipinski definition) is 5. The largest absolute Gasteiger partial charge is 0.490 e. The van der Waals surface area contributed by atoms with Crippen molar-refractivity contribution in [2.24, 2.45) is 5.92 Å². The van der Waals surface area contributed by atoms with Gasteiger partial charge in [0, 0.05) is 19.0 Å². The van der Waals surface area contributed by atoms with Crippen LogP contribution in [0.15, 0.2) is 24.3 Å². The average Bonchev–Trinajstić information content (AvgIpc) is 2.79. The molecule has 0 atom stereocenters. The van der Waals surface area contributed by atoms with Crippen molar-refractivity contribution < 1.29 is 50.9 Å². The van der Waals surface area contributed by atoms with E-state index >= 15 is 0 Å². The number of aryl methyl sites for hydroxylation is 2. The number of carbonyl (C=O) groups is 3. The van der Waals surface area contributed by atoms with Crippen molar-refractivity contribution in [3.8, 4) is 0 Å². The van der Waals surface area contributed by atoms with E-state index in [9.17, 15) is 31.1 Å². The van der Waals surface area contributed by atoms with E-state index in [0.717, 1.165) is 41.8 Å². The van der Waals surface area contributed by atoms with Crippen LogP contribution in [-0.2, 0) is 9.59 Å². The van der Waals surface area contributed by atoms with Crippen LogP contribution in [0.3, 0.4) is 0 Å². The number of aliphatic carboxylic acids is 2. The Balaban J connectivity index is 0.000000426. The molecule has 1 aliphatic rings. The summed E-state index contributed by atoms with van der Waals surface area (Å²) >= 11 is 0. The van der Waals surface area contributed by atoms with Gasteiger partial charge in [0.15, 0.2) is 0 Å². The number of rotatable bonds is 3. The van der Waals surface area contributed by atoms with Gasteiger partial charge < -0.3 is 20.0 Å². The van der Waals surface area contributed by atoms with E-state index in [0.29, 0.717) is 5.92 Å². The Morgan fingerprint density at radius 2 is 1.45 bits per heavy atom. The van der Waals surface area contributed by atoms with Gasteiger partial charge in [-0.15, -0.1) is 0 Å². The van der Waals surface area contributed by atoms with Crippen molar-refractivity contribution in [1.82, 2.24) is 14.8 Å². The lowest BCUT2D eigenvalue weighted by Crippen LogP contribution is -2.38. The zero-order chi connectivity index (χ0) is 29.4.